The lowest BCUT2D eigenvalue weighted by Gasteiger charge is -2.16. The van der Waals surface area contributed by atoms with Gasteiger partial charge in [0.25, 0.3) is 5.91 Å². The first kappa shape index (κ1) is 21.9. The Morgan fingerprint density at radius 1 is 0.929 bits per heavy atom. The van der Waals surface area contributed by atoms with Crippen LogP contribution in [0.25, 0.3) is 0 Å². The third-order valence-electron chi connectivity index (χ3n) is 3.92. The van der Waals surface area contributed by atoms with E-state index in [1.807, 2.05) is 0 Å². The van der Waals surface area contributed by atoms with Gasteiger partial charge in [0.2, 0.25) is 0 Å². The molecular weight excluding hydrogens is 404 g/mol. The Labute approximate surface area is 163 Å². The van der Waals surface area contributed by atoms with Crippen molar-refractivity contribution in [3.8, 4) is 0 Å². The first-order chi connectivity index (χ1) is 12.9. The molecule has 10 heteroatoms. The Balaban J connectivity index is 2.10. The summed E-state index contributed by atoms with van der Waals surface area (Å²) in [6.07, 6.45) is 1.99. The number of rotatable bonds is 6. The molecule has 0 aromatic heterocycles. The number of nitrogens with zero attached hydrogens (tertiary/aromatic N) is 1. The third-order valence-corrected chi connectivity index (χ3v) is 6.18. The predicted molar refractivity (Wildman–Crippen MR) is 105 cm³/mol. The summed E-state index contributed by atoms with van der Waals surface area (Å²) in [6, 6.07) is 9.78. The molecule has 2 aromatic rings. The second-order valence-corrected chi connectivity index (χ2v) is 10.3. The van der Waals surface area contributed by atoms with Gasteiger partial charge in [-0.1, -0.05) is 24.3 Å². The van der Waals surface area contributed by atoms with Gasteiger partial charge in [-0.15, -0.1) is 0 Å². The van der Waals surface area contributed by atoms with Crippen LogP contribution < -0.4 is 5.73 Å². The molecular formula is C18H20N2O6S2. The summed E-state index contributed by atoms with van der Waals surface area (Å²) in [7, 11) is -6.70. The van der Waals surface area contributed by atoms with E-state index >= 15 is 0 Å². The molecule has 28 heavy (non-hydrogen) atoms. The highest BCUT2D eigenvalue weighted by Gasteiger charge is 2.24. The van der Waals surface area contributed by atoms with E-state index in [4.69, 9.17) is 5.73 Å². The van der Waals surface area contributed by atoms with Crippen LogP contribution in [0.3, 0.4) is 0 Å². The minimum atomic E-state index is -3.37. The first-order valence-corrected chi connectivity index (χ1v) is 11.8. The van der Waals surface area contributed by atoms with Crippen LogP contribution in [0.5, 0.6) is 0 Å². The lowest BCUT2D eigenvalue weighted by Crippen LogP contribution is -2.35. The van der Waals surface area contributed by atoms with Gasteiger partial charge in [0.15, 0.2) is 19.7 Å². The molecule has 0 aliphatic carbocycles. The monoisotopic (exact) mass is 424 g/mol. The molecule has 0 spiro atoms. The van der Waals surface area contributed by atoms with E-state index in [1.165, 1.54) is 54.7 Å². The summed E-state index contributed by atoms with van der Waals surface area (Å²) in [5.74, 6) is -0.785. The molecule has 0 saturated carbocycles. The van der Waals surface area contributed by atoms with Gasteiger partial charge in [0, 0.05) is 18.7 Å². The summed E-state index contributed by atoms with van der Waals surface area (Å²) in [4.78, 5) is 16.0. The number of aliphatic imine (C=N–C) groups is 1. The van der Waals surface area contributed by atoms with Gasteiger partial charge in [-0.2, -0.15) is 0 Å². The molecule has 0 aliphatic heterocycles. The molecule has 1 amide bonds. The third kappa shape index (κ3) is 5.55. The highest BCUT2D eigenvalue weighted by molar-refractivity contribution is 7.91. The van der Waals surface area contributed by atoms with E-state index in [1.54, 1.807) is 0 Å². The number of carbonyl (C=O) groups excluding carboxylic acids is 1. The molecule has 2 rings (SSSR count). The largest absolute Gasteiger partial charge is 0.386 e. The van der Waals surface area contributed by atoms with Crippen LogP contribution in [0, 0.1) is 0 Å². The van der Waals surface area contributed by atoms with E-state index in [9.17, 15) is 26.7 Å². The standard InChI is InChI=1S/C18H20N2O6S2/c1-27(23,24)14-7-3-12(4-8-14)11-20-18(22)16(19)17(21)13-5-9-15(10-6-13)28(2,25)26/h3-11,16-17,21H,19H2,1-2H3/t16-,17+/m1/s1. The van der Waals surface area contributed by atoms with Gasteiger partial charge in [0.1, 0.15) is 12.1 Å². The van der Waals surface area contributed by atoms with Crippen LogP contribution in [-0.4, -0.2) is 52.6 Å². The van der Waals surface area contributed by atoms with E-state index < -0.39 is 37.7 Å². The number of sulfone groups is 2. The van der Waals surface area contributed by atoms with Crippen molar-refractivity contribution < 1.29 is 26.7 Å². The maximum Gasteiger partial charge on any atom is 0.265 e. The molecule has 0 bridgehead atoms. The maximum absolute atomic E-state index is 12.1. The van der Waals surface area contributed by atoms with Crippen molar-refractivity contribution >= 4 is 31.8 Å². The van der Waals surface area contributed by atoms with Crippen LogP contribution in [-0.2, 0) is 24.5 Å². The van der Waals surface area contributed by atoms with Crippen molar-refractivity contribution in [3.63, 3.8) is 0 Å². The molecule has 0 aliphatic rings. The zero-order valence-electron chi connectivity index (χ0n) is 15.2. The zero-order valence-corrected chi connectivity index (χ0v) is 16.8. The number of hydrogen-bond acceptors (Lipinski definition) is 7. The van der Waals surface area contributed by atoms with Crippen molar-refractivity contribution in [3.05, 3.63) is 59.7 Å². The molecule has 8 nitrogen and oxygen atoms in total. The molecule has 0 fully saturated rings. The second-order valence-electron chi connectivity index (χ2n) is 6.25. The quantitative estimate of drug-likeness (QED) is 0.643. The number of aliphatic hydroxyl groups excluding tert-OH is 1. The van der Waals surface area contributed by atoms with Crippen molar-refractivity contribution in [2.24, 2.45) is 10.7 Å². The summed E-state index contributed by atoms with van der Waals surface area (Å²) in [5, 5.41) is 10.2. The second kappa shape index (κ2) is 8.31. The van der Waals surface area contributed by atoms with Gasteiger partial charge in [-0.3, -0.25) is 4.79 Å². The fourth-order valence-electron chi connectivity index (χ4n) is 2.28. The predicted octanol–water partition coefficient (Wildman–Crippen LogP) is 0.500. The number of carbonyl (C=O) groups is 1. The molecule has 3 N–H and O–H groups in total. The van der Waals surface area contributed by atoms with Crippen LogP contribution in [0.15, 0.2) is 63.3 Å². The normalized spacial score (nSPS) is 14.7. The van der Waals surface area contributed by atoms with Crippen LogP contribution >= 0.6 is 0 Å². The number of aliphatic hydroxyl groups is 1. The summed E-state index contributed by atoms with van der Waals surface area (Å²) in [6.45, 7) is 0. The minimum Gasteiger partial charge on any atom is -0.386 e. The molecule has 0 heterocycles. The fourth-order valence-corrected chi connectivity index (χ4v) is 3.54. The minimum absolute atomic E-state index is 0.0823. The molecule has 2 atom stereocenters. The lowest BCUT2D eigenvalue weighted by atomic mass is 10.0. The maximum atomic E-state index is 12.1. The van der Waals surface area contributed by atoms with E-state index in [2.05, 4.69) is 4.99 Å². The SMILES string of the molecule is CS(=O)(=O)c1ccc(C=NC(=O)[C@H](N)[C@@H](O)c2ccc(S(C)(=O)=O)cc2)cc1. The number of amides is 1. The summed E-state index contributed by atoms with van der Waals surface area (Å²) >= 11 is 0. The number of hydrogen-bond donors (Lipinski definition) is 2. The van der Waals surface area contributed by atoms with Gasteiger partial charge < -0.3 is 10.8 Å². The van der Waals surface area contributed by atoms with Crippen LogP contribution in [0.2, 0.25) is 0 Å². The number of benzene rings is 2. The Kier molecular flexibility index (Phi) is 6.50. The van der Waals surface area contributed by atoms with E-state index in [0.717, 1.165) is 12.5 Å². The van der Waals surface area contributed by atoms with Crippen LogP contribution in [0.1, 0.15) is 17.2 Å². The van der Waals surface area contributed by atoms with Gasteiger partial charge in [0.05, 0.1) is 9.79 Å². The van der Waals surface area contributed by atoms with Crippen molar-refractivity contribution in [1.29, 1.82) is 0 Å². The van der Waals surface area contributed by atoms with E-state index in [0.29, 0.717) is 5.56 Å². The zero-order chi connectivity index (χ0) is 21.1. The summed E-state index contributed by atoms with van der Waals surface area (Å²) < 4.78 is 45.8. The Morgan fingerprint density at radius 2 is 1.36 bits per heavy atom. The van der Waals surface area contributed by atoms with Gasteiger partial charge >= 0.3 is 0 Å². The highest BCUT2D eigenvalue weighted by Crippen LogP contribution is 2.19. The molecule has 0 unspecified atom stereocenters. The average molecular weight is 425 g/mol. The lowest BCUT2D eigenvalue weighted by molar-refractivity contribution is -0.121. The fraction of sp³-hybridized carbons (Fsp3) is 0.222. The first-order valence-electron chi connectivity index (χ1n) is 8.01. The Bertz CT molecular complexity index is 1090. The topological polar surface area (TPSA) is 144 Å². The van der Waals surface area contributed by atoms with Crippen LogP contribution in [0.4, 0.5) is 0 Å². The smallest absolute Gasteiger partial charge is 0.265 e. The van der Waals surface area contributed by atoms with Crippen molar-refractivity contribution in [2.45, 2.75) is 21.9 Å². The molecule has 0 radical (unpaired) electrons. The van der Waals surface area contributed by atoms with Crippen molar-refractivity contribution in [1.82, 2.24) is 0 Å². The van der Waals surface area contributed by atoms with Gasteiger partial charge in [-0.25, -0.2) is 21.8 Å². The molecule has 0 saturated heterocycles. The molecule has 2 aromatic carbocycles. The van der Waals surface area contributed by atoms with E-state index in [-0.39, 0.29) is 15.4 Å². The Morgan fingerprint density at radius 3 is 1.79 bits per heavy atom. The summed E-state index contributed by atoms with van der Waals surface area (Å²) in [5.41, 5.74) is 6.52. The average Bonchev–Trinajstić information content (AvgIpc) is 2.64. The van der Waals surface area contributed by atoms with Crippen molar-refractivity contribution in [2.75, 3.05) is 12.5 Å². The highest BCUT2D eigenvalue weighted by atomic mass is 32.2. The van der Waals surface area contributed by atoms with Gasteiger partial charge in [-0.05, 0) is 35.4 Å². The number of nitrogens with two attached hydrogens (primary N) is 1. The molecule has 150 valence electrons. The Hall–Kier alpha value is -2.40.